The third kappa shape index (κ3) is 0.362. The van der Waals surface area contributed by atoms with Gasteiger partial charge in [0.05, 0.1) is 0 Å². The van der Waals surface area contributed by atoms with Crippen LogP contribution >= 0.6 is 0 Å². The summed E-state index contributed by atoms with van der Waals surface area (Å²) in [6, 6.07) is 0. The number of hydrogen-bond donors (Lipinski definition) is 1. The van der Waals surface area contributed by atoms with Crippen LogP contribution in [0.5, 0.6) is 0 Å². The lowest BCUT2D eigenvalue weighted by atomic mass is 9.90. The molecule has 0 heterocycles. The molecule has 0 atom stereocenters. The van der Waals surface area contributed by atoms with Crippen molar-refractivity contribution in [1.82, 2.24) is 0 Å². The third-order valence-electron chi connectivity index (χ3n) is 3.85. The third-order valence-corrected chi connectivity index (χ3v) is 3.85. The quantitative estimate of drug-likeness (QED) is 0.553. The maximum Gasteiger partial charge on any atom is 0.0487 e. The van der Waals surface area contributed by atoms with Crippen LogP contribution in [0.4, 0.5) is 0 Å². The zero-order valence-corrected chi connectivity index (χ0v) is 5.51. The van der Waals surface area contributed by atoms with E-state index in [-0.39, 0.29) is 0 Å². The Hall–Kier alpha value is -0.0400. The van der Waals surface area contributed by atoms with Crippen molar-refractivity contribution in [2.75, 3.05) is 6.61 Å². The molecule has 4 aliphatic rings. The fourth-order valence-electron chi connectivity index (χ4n) is 3.38. The highest BCUT2D eigenvalue weighted by atomic mass is 16.3. The highest BCUT2D eigenvalue weighted by Crippen LogP contribution is 2.75. The minimum atomic E-state index is 0.444. The highest BCUT2D eigenvalue weighted by Gasteiger charge is 2.69. The molecule has 9 heavy (non-hydrogen) atoms. The molecule has 0 saturated heterocycles. The van der Waals surface area contributed by atoms with Gasteiger partial charge >= 0.3 is 0 Å². The molecule has 0 amide bonds. The Morgan fingerprint density at radius 1 is 1.11 bits per heavy atom. The van der Waals surface area contributed by atoms with Crippen molar-refractivity contribution in [2.45, 2.75) is 19.3 Å². The largest absolute Gasteiger partial charge is 0.396 e. The van der Waals surface area contributed by atoms with E-state index in [1.54, 1.807) is 0 Å². The van der Waals surface area contributed by atoms with Crippen LogP contribution in [0, 0.1) is 23.2 Å². The van der Waals surface area contributed by atoms with Crippen LogP contribution in [-0.4, -0.2) is 11.7 Å². The minimum absolute atomic E-state index is 0.444. The molecule has 0 aromatic carbocycles. The molecule has 0 aromatic rings. The van der Waals surface area contributed by atoms with Crippen molar-refractivity contribution < 1.29 is 5.11 Å². The average Bonchev–Trinajstić information content (AvgIpc) is 2.47. The molecule has 4 saturated carbocycles. The molecule has 1 nitrogen and oxygen atoms in total. The van der Waals surface area contributed by atoms with Gasteiger partial charge in [-0.05, 0) is 42.4 Å². The van der Waals surface area contributed by atoms with Gasteiger partial charge in [0.1, 0.15) is 0 Å². The second-order valence-corrected chi connectivity index (χ2v) is 4.26. The summed E-state index contributed by atoms with van der Waals surface area (Å²) in [5.41, 5.74) is 0.444. The predicted molar refractivity (Wildman–Crippen MR) is 33.8 cm³/mol. The highest BCUT2D eigenvalue weighted by molar-refractivity contribution is 5.18. The zero-order chi connectivity index (χ0) is 6.06. The molecule has 4 fully saturated rings. The summed E-state index contributed by atoms with van der Waals surface area (Å²) in [6.45, 7) is 0.469. The van der Waals surface area contributed by atoms with Gasteiger partial charge in [0, 0.05) is 6.61 Å². The Bertz CT molecular complexity index is 131. The first-order valence-electron chi connectivity index (χ1n) is 3.96. The van der Waals surface area contributed by atoms with Gasteiger partial charge in [0.2, 0.25) is 0 Å². The van der Waals surface area contributed by atoms with Crippen molar-refractivity contribution >= 4 is 0 Å². The van der Waals surface area contributed by atoms with E-state index < -0.39 is 0 Å². The molecule has 1 heteroatoms. The Morgan fingerprint density at radius 3 is 1.78 bits per heavy atom. The van der Waals surface area contributed by atoms with Crippen molar-refractivity contribution in [1.29, 1.82) is 0 Å². The molecule has 0 unspecified atom stereocenters. The SMILES string of the molecule is OCC12CC3C(C1)C3C2. The molecule has 4 bridgehead atoms. The van der Waals surface area contributed by atoms with E-state index in [0.29, 0.717) is 12.0 Å². The van der Waals surface area contributed by atoms with Crippen LogP contribution in [0.25, 0.3) is 0 Å². The van der Waals surface area contributed by atoms with Crippen LogP contribution in [0.1, 0.15) is 19.3 Å². The molecule has 0 radical (unpaired) electrons. The van der Waals surface area contributed by atoms with Crippen molar-refractivity contribution in [2.24, 2.45) is 23.2 Å². The Kier molecular flexibility index (Phi) is 0.563. The maximum absolute atomic E-state index is 9.06. The summed E-state index contributed by atoms with van der Waals surface area (Å²) >= 11 is 0. The molecular formula is C8H12O. The Labute approximate surface area is 55.1 Å². The van der Waals surface area contributed by atoms with Crippen LogP contribution in [-0.2, 0) is 0 Å². The van der Waals surface area contributed by atoms with E-state index in [1.807, 2.05) is 0 Å². The van der Waals surface area contributed by atoms with Crippen molar-refractivity contribution in [3.63, 3.8) is 0 Å². The lowest BCUT2D eigenvalue weighted by Crippen LogP contribution is -2.16. The van der Waals surface area contributed by atoms with E-state index in [1.165, 1.54) is 19.3 Å². The van der Waals surface area contributed by atoms with Gasteiger partial charge in [-0.15, -0.1) is 0 Å². The molecule has 0 spiro atoms. The summed E-state index contributed by atoms with van der Waals surface area (Å²) in [6.07, 6.45) is 4.08. The Balaban J connectivity index is 1.99. The summed E-state index contributed by atoms with van der Waals surface area (Å²) in [4.78, 5) is 0. The first kappa shape index (κ1) is 4.73. The van der Waals surface area contributed by atoms with Crippen LogP contribution in [0.3, 0.4) is 0 Å². The molecule has 4 rings (SSSR count). The summed E-state index contributed by atoms with van der Waals surface area (Å²) in [5, 5.41) is 9.06. The maximum atomic E-state index is 9.06. The van der Waals surface area contributed by atoms with E-state index in [0.717, 1.165) is 17.8 Å². The summed E-state index contributed by atoms with van der Waals surface area (Å²) in [7, 11) is 0. The molecule has 4 aliphatic carbocycles. The lowest BCUT2D eigenvalue weighted by Gasteiger charge is -2.18. The van der Waals surface area contributed by atoms with Crippen molar-refractivity contribution in [3.05, 3.63) is 0 Å². The topological polar surface area (TPSA) is 20.2 Å². The first-order valence-corrected chi connectivity index (χ1v) is 3.96. The fraction of sp³-hybridized carbons (Fsp3) is 1.00. The normalized spacial score (nSPS) is 67.0. The predicted octanol–water partition coefficient (Wildman–Crippen LogP) is 1.02. The lowest BCUT2D eigenvalue weighted by molar-refractivity contribution is 0.145. The second-order valence-electron chi connectivity index (χ2n) is 4.26. The number of aliphatic hydroxyl groups is 1. The average molecular weight is 124 g/mol. The molecule has 1 N–H and O–H groups in total. The van der Waals surface area contributed by atoms with Gasteiger partial charge in [-0.25, -0.2) is 0 Å². The molecule has 0 aromatic heterocycles. The summed E-state index contributed by atoms with van der Waals surface area (Å²) in [5.74, 6) is 3.20. The summed E-state index contributed by atoms with van der Waals surface area (Å²) < 4.78 is 0. The molecule has 0 aliphatic heterocycles. The van der Waals surface area contributed by atoms with Gasteiger partial charge < -0.3 is 5.11 Å². The first-order chi connectivity index (χ1) is 4.35. The van der Waals surface area contributed by atoms with Gasteiger partial charge in [-0.3, -0.25) is 0 Å². The van der Waals surface area contributed by atoms with E-state index in [2.05, 4.69) is 0 Å². The van der Waals surface area contributed by atoms with Crippen molar-refractivity contribution in [3.8, 4) is 0 Å². The fourth-order valence-corrected chi connectivity index (χ4v) is 3.38. The van der Waals surface area contributed by atoms with Crippen LogP contribution in [0.15, 0.2) is 0 Å². The van der Waals surface area contributed by atoms with Crippen LogP contribution < -0.4 is 0 Å². The van der Waals surface area contributed by atoms with Crippen LogP contribution in [0.2, 0.25) is 0 Å². The minimum Gasteiger partial charge on any atom is -0.396 e. The monoisotopic (exact) mass is 124 g/mol. The molecule has 50 valence electrons. The second kappa shape index (κ2) is 1.07. The molecular weight excluding hydrogens is 112 g/mol. The van der Waals surface area contributed by atoms with Gasteiger partial charge in [-0.2, -0.15) is 0 Å². The zero-order valence-electron chi connectivity index (χ0n) is 5.51. The number of aliphatic hydroxyl groups excluding tert-OH is 1. The number of hydrogen-bond acceptors (Lipinski definition) is 1. The van der Waals surface area contributed by atoms with Gasteiger partial charge in [0.15, 0.2) is 0 Å². The Morgan fingerprint density at radius 2 is 1.56 bits per heavy atom. The smallest absolute Gasteiger partial charge is 0.0487 e. The standard InChI is InChI=1S/C8H12O/c9-4-8-1-5-6(2-8)7(5)3-8/h5-7,9H,1-4H2. The number of rotatable bonds is 1. The van der Waals surface area contributed by atoms with E-state index in [4.69, 9.17) is 5.11 Å². The van der Waals surface area contributed by atoms with E-state index in [9.17, 15) is 0 Å². The van der Waals surface area contributed by atoms with Gasteiger partial charge in [-0.1, -0.05) is 0 Å². The van der Waals surface area contributed by atoms with Gasteiger partial charge in [0.25, 0.3) is 0 Å². The van der Waals surface area contributed by atoms with E-state index >= 15 is 0 Å².